The Balaban J connectivity index is 2.34. The number of nitrogens with two attached hydrogens (primary N) is 1. The Morgan fingerprint density at radius 1 is 1.06 bits per heavy atom. The molecule has 0 radical (unpaired) electrons. The van der Waals surface area contributed by atoms with Crippen LogP contribution in [0, 0.1) is 0 Å². The van der Waals surface area contributed by atoms with Crippen LogP contribution in [0.15, 0.2) is 54.7 Å². The van der Waals surface area contributed by atoms with E-state index in [0.29, 0.717) is 0 Å². The van der Waals surface area contributed by atoms with Crippen LogP contribution < -0.4 is 11.3 Å². The fourth-order valence-electron chi connectivity index (χ4n) is 1.43. The van der Waals surface area contributed by atoms with Gasteiger partial charge in [-0.2, -0.15) is 0 Å². The second kappa shape index (κ2) is 5.09. The second-order valence-electron chi connectivity index (χ2n) is 3.33. The van der Waals surface area contributed by atoms with Crippen molar-refractivity contribution in [3.8, 4) is 0 Å². The maximum atomic E-state index is 5.49. The summed E-state index contributed by atoms with van der Waals surface area (Å²) in [7, 11) is 0. The third-order valence-electron chi connectivity index (χ3n) is 2.21. The molecule has 80 valence electrons. The van der Waals surface area contributed by atoms with E-state index in [1.54, 1.807) is 6.20 Å². The first-order chi connectivity index (χ1) is 7.90. The van der Waals surface area contributed by atoms with Gasteiger partial charge >= 0.3 is 0 Å². The molecule has 0 amide bonds. The van der Waals surface area contributed by atoms with Crippen LogP contribution in [0.3, 0.4) is 0 Å². The van der Waals surface area contributed by atoms with Crippen LogP contribution in [0.25, 0.3) is 11.8 Å². The van der Waals surface area contributed by atoms with Gasteiger partial charge in [0.2, 0.25) is 0 Å². The molecule has 1 aromatic carbocycles. The monoisotopic (exact) mass is 211 g/mol. The number of benzene rings is 1. The van der Waals surface area contributed by atoms with Crippen molar-refractivity contribution in [1.29, 1.82) is 0 Å². The summed E-state index contributed by atoms with van der Waals surface area (Å²) in [4.78, 5) is 4.24. The van der Waals surface area contributed by atoms with E-state index < -0.39 is 0 Å². The van der Waals surface area contributed by atoms with E-state index in [1.165, 1.54) is 0 Å². The molecule has 0 spiro atoms. The first kappa shape index (κ1) is 10.4. The van der Waals surface area contributed by atoms with Crippen LogP contribution in [0.2, 0.25) is 0 Å². The molecule has 0 saturated carbocycles. The highest BCUT2D eigenvalue weighted by atomic mass is 15.2. The molecule has 3 nitrogen and oxygen atoms in total. The molecule has 1 heterocycles. The number of nitrogens with zero attached hydrogens (tertiary/aromatic N) is 1. The third-order valence-corrected chi connectivity index (χ3v) is 2.21. The smallest absolute Gasteiger partial charge is 0.0874 e. The predicted octanol–water partition coefficient (Wildman–Crippen LogP) is 2.04. The van der Waals surface area contributed by atoms with Crippen molar-refractivity contribution in [1.82, 2.24) is 10.4 Å². The van der Waals surface area contributed by atoms with Gasteiger partial charge in [0, 0.05) is 6.20 Å². The van der Waals surface area contributed by atoms with Crippen molar-refractivity contribution < 1.29 is 0 Å². The van der Waals surface area contributed by atoms with Crippen LogP contribution >= 0.6 is 0 Å². The van der Waals surface area contributed by atoms with Crippen molar-refractivity contribution in [3.63, 3.8) is 0 Å². The van der Waals surface area contributed by atoms with E-state index in [0.717, 1.165) is 17.0 Å². The van der Waals surface area contributed by atoms with Crippen molar-refractivity contribution in [2.45, 2.75) is 0 Å². The van der Waals surface area contributed by atoms with Gasteiger partial charge in [-0.3, -0.25) is 10.8 Å². The maximum absolute atomic E-state index is 5.49. The summed E-state index contributed by atoms with van der Waals surface area (Å²) < 4.78 is 0. The average molecular weight is 211 g/mol. The fourth-order valence-corrected chi connectivity index (χ4v) is 1.43. The number of hydrogen-bond acceptors (Lipinski definition) is 3. The Bertz CT molecular complexity index is 463. The van der Waals surface area contributed by atoms with Crippen molar-refractivity contribution in [2.24, 2.45) is 5.84 Å². The first-order valence-electron chi connectivity index (χ1n) is 5.05. The van der Waals surface area contributed by atoms with Gasteiger partial charge in [-0.1, -0.05) is 36.4 Å². The standard InChI is InChI=1S/C13H13N3/c14-16-13(12-8-4-5-9-15-12)10-11-6-2-1-3-7-11/h1-10,16H,14H2. The summed E-state index contributed by atoms with van der Waals surface area (Å²) in [5.74, 6) is 5.49. The van der Waals surface area contributed by atoms with Gasteiger partial charge in [0.15, 0.2) is 0 Å². The maximum Gasteiger partial charge on any atom is 0.0874 e. The lowest BCUT2D eigenvalue weighted by Crippen LogP contribution is -2.20. The van der Waals surface area contributed by atoms with Gasteiger partial charge in [-0.25, -0.2) is 0 Å². The molecule has 0 fully saturated rings. The van der Waals surface area contributed by atoms with Crippen LogP contribution in [0.5, 0.6) is 0 Å². The number of aromatic nitrogens is 1. The number of pyridine rings is 1. The highest BCUT2D eigenvalue weighted by molar-refractivity contribution is 5.78. The fraction of sp³-hybridized carbons (Fsp3) is 0. The minimum atomic E-state index is 0.798. The summed E-state index contributed by atoms with van der Waals surface area (Å²) in [6.07, 6.45) is 3.70. The number of hydrogen-bond donors (Lipinski definition) is 2. The molecular weight excluding hydrogens is 198 g/mol. The van der Waals surface area contributed by atoms with E-state index in [4.69, 9.17) is 5.84 Å². The average Bonchev–Trinajstić information content (AvgIpc) is 2.38. The molecule has 0 aliphatic rings. The number of nitrogens with one attached hydrogen (secondary N) is 1. The zero-order chi connectivity index (χ0) is 11.2. The second-order valence-corrected chi connectivity index (χ2v) is 3.33. The van der Waals surface area contributed by atoms with E-state index in [2.05, 4.69) is 10.4 Å². The third kappa shape index (κ3) is 2.46. The lowest BCUT2D eigenvalue weighted by atomic mass is 10.1. The van der Waals surface area contributed by atoms with E-state index >= 15 is 0 Å². The van der Waals surface area contributed by atoms with E-state index in [1.807, 2.05) is 54.6 Å². The largest absolute Gasteiger partial charge is 0.322 e. The molecule has 3 N–H and O–H groups in total. The Labute approximate surface area is 94.6 Å². The molecule has 0 atom stereocenters. The molecular formula is C13H13N3. The van der Waals surface area contributed by atoms with Crippen molar-refractivity contribution in [2.75, 3.05) is 0 Å². The van der Waals surface area contributed by atoms with E-state index in [9.17, 15) is 0 Å². The highest BCUT2D eigenvalue weighted by Gasteiger charge is 1.99. The Morgan fingerprint density at radius 3 is 2.44 bits per heavy atom. The lowest BCUT2D eigenvalue weighted by molar-refractivity contribution is 0.983. The lowest BCUT2D eigenvalue weighted by Gasteiger charge is -2.05. The number of hydrazine groups is 1. The summed E-state index contributed by atoms with van der Waals surface area (Å²) in [5, 5.41) is 0. The molecule has 0 aliphatic carbocycles. The van der Waals surface area contributed by atoms with Crippen LogP contribution in [0.1, 0.15) is 11.3 Å². The highest BCUT2D eigenvalue weighted by Crippen LogP contribution is 2.12. The summed E-state index contributed by atoms with van der Waals surface area (Å²) in [6.45, 7) is 0. The van der Waals surface area contributed by atoms with E-state index in [-0.39, 0.29) is 0 Å². The molecule has 2 aromatic rings. The summed E-state index contributed by atoms with van der Waals surface area (Å²) in [5.41, 5.74) is 5.38. The molecule has 0 bridgehead atoms. The zero-order valence-corrected chi connectivity index (χ0v) is 8.80. The first-order valence-corrected chi connectivity index (χ1v) is 5.05. The predicted molar refractivity (Wildman–Crippen MR) is 65.9 cm³/mol. The van der Waals surface area contributed by atoms with Crippen LogP contribution in [0.4, 0.5) is 0 Å². The van der Waals surface area contributed by atoms with Gasteiger partial charge in [-0.15, -0.1) is 0 Å². The normalized spacial score (nSPS) is 11.2. The topological polar surface area (TPSA) is 50.9 Å². The molecule has 0 aliphatic heterocycles. The SMILES string of the molecule is NNC(=Cc1ccccc1)c1ccccn1. The minimum absolute atomic E-state index is 0.798. The number of rotatable bonds is 3. The zero-order valence-electron chi connectivity index (χ0n) is 8.80. The van der Waals surface area contributed by atoms with Gasteiger partial charge in [0.1, 0.15) is 0 Å². The Hall–Kier alpha value is -2.13. The molecule has 1 aromatic heterocycles. The Kier molecular flexibility index (Phi) is 3.31. The van der Waals surface area contributed by atoms with Gasteiger partial charge in [0.25, 0.3) is 0 Å². The molecule has 0 unspecified atom stereocenters. The molecule has 0 saturated heterocycles. The Morgan fingerprint density at radius 2 is 1.81 bits per heavy atom. The quantitative estimate of drug-likeness (QED) is 0.603. The van der Waals surface area contributed by atoms with Gasteiger partial charge in [0.05, 0.1) is 11.4 Å². The van der Waals surface area contributed by atoms with Crippen molar-refractivity contribution in [3.05, 3.63) is 66.0 Å². The van der Waals surface area contributed by atoms with Crippen molar-refractivity contribution >= 4 is 11.8 Å². The minimum Gasteiger partial charge on any atom is -0.322 e. The van der Waals surface area contributed by atoms with Gasteiger partial charge in [-0.05, 0) is 23.8 Å². The molecule has 16 heavy (non-hydrogen) atoms. The van der Waals surface area contributed by atoms with Crippen LogP contribution in [-0.2, 0) is 0 Å². The summed E-state index contributed by atoms with van der Waals surface area (Å²) >= 11 is 0. The summed E-state index contributed by atoms with van der Waals surface area (Å²) in [6, 6.07) is 15.7. The molecule has 2 rings (SSSR count). The molecule has 3 heteroatoms. The van der Waals surface area contributed by atoms with Crippen LogP contribution in [-0.4, -0.2) is 4.98 Å². The van der Waals surface area contributed by atoms with Gasteiger partial charge < -0.3 is 5.43 Å².